The zero-order valence-electron chi connectivity index (χ0n) is 15.1. The summed E-state index contributed by atoms with van der Waals surface area (Å²) in [7, 11) is 0. The first-order chi connectivity index (χ1) is 12.8. The Hall–Kier alpha value is -2.74. The molecule has 142 valence electrons. The van der Waals surface area contributed by atoms with E-state index in [1.54, 1.807) is 13.0 Å². The summed E-state index contributed by atoms with van der Waals surface area (Å²) in [5.74, 6) is -1.05. The zero-order chi connectivity index (χ0) is 19.6. The monoisotopic (exact) mass is 388 g/mol. The van der Waals surface area contributed by atoms with Crippen LogP contribution in [-0.2, 0) is 22.4 Å². The number of thiophene rings is 1. The molecule has 27 heavy (non-hydrogen) atoms. The van der Waals surface area contributed by atoms with Crippen molar-refractivity contribution in [2.24, 2.45) is 0 Å². The van der Waals surface area contributed by atoms with Crippen LogP contribution in [0.5, 0.6) is 0 Å². The number of nitrogens with zero attached hydrogens (tertiary/aromatic N) is 1. The van der Waals surface area contributed by atoms with E-state index in [1.165, 1.54) is 40.8 Å². The Balaban J connectivity index is 1.65. The van der Waals surface area contributed by atoms with Crippen LogP contribution in [0, 0.1) is 17.0 Å². The second-order valence-corrected chi connectivity index (χ2v) is 7.70. The molecule has 1 aromatic heterocycles. The molecule has 0 fully saturated rings. The number of fused-ring (bicyclic) bond motifs is 1. The zero-order valence-corrected chi connectivity index (χ0v) is 15.9. The van der Waals surface area contributed by atoms with E-state index in [4.69, 9.17) is 4.74 Å². The Morgan fingerprint density at radius 2 is 2.00 bits per heavy atom. The van der Waals surface area contributed by atoms with Gasteiger partial charge in [0.1, 0.15) is 4.88 Å². The van der Waals surface area contributed by atoms with E-state index < -0.39 is 22.9 Å². The van der Waals surface area contributed by atoms with E-state index in [1.807, 2.05) is 6.07 Å². The Kier molecular flexibility index (Phi) is 5.55. The van der Waals surface area contributed by atoms with Crippen LogP contribution in [0.4, 0.5) is 11.4 Å². The highest BCUT2D eigenvalue weighted by Gasteiger charge is 2.23. The summed E-state index contributed by atoms with van der Waals surface area (Å²) in [6.07, 6.45) is 3.19. The number of anilines is 1. The normalized spacial score (nSPS) is 14.1. The Labute approximate surface area is 160 Å². The number of carbonyl (C=O) groups excluding carboxylic acids is 2. The number of rotatable bonds is 5. The van der Waals surface area contributed by atoms with Crippen molar-refractivity contribution in [3.8, 4) is 0 Å². The van der Waals surface area contributed by atoms with Gasteiger partial charge in [-0.05, 0) is 56.7 Å². The lowest BCUT2D eigenvalue weighted by Crippen LogP contribution is -2.30. The predicted octanol–water partition coefficient (Wildman–Crippen LogP) is 4.03. The van der Waals surface area contributed by atoms with Crippen LogP contribution in [0.25, 0.3) is 0 Å². The topological polar surface area (TPSA) is 98.5 Å². The lowest BCUT2D eigenvalue weighted by atomic mass is 9.99. The lowest BCUT2D eigenvalue weighted by Gasteiger charge is -2.14. The third-order valence-corrected chi connectivity index (χ3v) is 5.76. The van der Waals surface area contributed by atoms with Crippen molar-refractivity contribution >= 4 is 34.6 Å². The Bertz CT molecular complexity index is 882. The molecule has 1 aliphatic carbocycles. The highest BCUT2D eigenvalue weighted by molar-refractivity contribution is 7.14. The molecular weight excluding hydrogens is 368 g/mol. The number of esters is 1. The minimum Gasteiger partial charge on any atom is -0.448 e. The number of non-ortho nitro benzene ring substituents is 1. The van der Waals surface area contributed by atoms with Gasteiger partial charge in [-0.25, -0.2) is 4.79 Å². The van der Waals surface area contributed by atoms with Crippen molar-refractivity contribution in [2.75, 3.05) is 5.32 Å². The van der Waals surface area contributed by atoms with Crippen LogP contribution < -0.4 is 5.32 Å². The van der Waals surface area contributed by atoms with Crippen molar-refractivity contribution in [1.29, 1.82) is 0 Å². The number of benzene rings is 1. The van der Waals surface area contributed by atoms with Crippen molar-refractivity contribution in [2.45, 2.75) is 45.6 Å². The molecule has 8 heteroatoms. The van der Waals surface area contributed by atoms with Crippen LogP contribution in [0.15, 0.2) is 24.3 Å². The molecule has 1 aromatic carbocycles. The number of ether oxygens (including phenoxy) is 1. The molecule has 3 rings (SSSR count). The quantitative estimate of drug-likeness (QED) is 0.474. The maximum absolute atomic E-state index is 12.4. The summed E-state index contributed by atoms with van der Waals surface area (Å²) in [6.45, 7) is 3.21. The van der Waals surface area contributed by atoms with Gasteiger partial charge in [-0.15, -0.1) is 11.3 Å². The molecule has 1 unspecified atom stereocenters. The first-order valence-corrected chi connectivity index (χ1v) is 9.55. The fourth-order valence-corrected chi connectivity index (χ4v) is 4.09. The number of hydrogen-bond acceptors (Lipinski definition) is 6. The molecule has 1 heterocycles. The van der Waals surface area contributed by atoms with Gasteiger partial charge in [0.25, 0.3) is 11.6 Å². The van der Waals surface area contributed by atoms with E-state index in [0.29, 0.717) is 16.1 Å². The lowest BCUT2D eigenvalue weighted by molar-refractivity contribution is -0.384. The van der Waals surface area contributed by atoms with E-state index in [9.17, 15) is 19.7 Å². The molecule has 2 aromatic rings. The summed E-state index contributed by atoms with van der Waals surface area (Å²) in [5.41, 5.74) is 2.08. The summed E-state index contributed by atoms with van der Waals surface area (Å²) in [6, 6.07) is 6.07. The van der Waals surface area contributed by atoms with Crippen LogP contribution in [-0.4, -0.2) is 22.9 Å². The van der Waals surface area contributed by atoms with Crippen LogP contribution >= 0.6 is 11.3 Å². The second kappa shape index (κ2) is 7.87. The van der Waals surface area contributed by atoms with Crippen molar-refractivity contribution in [3.63, 3.8) is 0 Å². The number of nitro benzene ring substituents is 1. The van der Waals surface area contributed by atoms with E-state index in [0.717, 1.165) is 25.7 Å². The van der Waals surface area contributed by atoms with E-state index in [-0.39, 0.29) is 5.69 Å². The summed E-state index contributed by atoms with van der Waals surface area (Å²) in [4.78, 5) is 36.8. The molecule has 1 N–H and O–H groups in total. The standard InChI is InChI=1S/C19H20N2O5S/c1-11-7-8-14(21(24)25)10-15(11)20-18(22)12(2)26-19(23)17-9-13-5-3-4-6-16(13)27-17/h7-10,12H,3-6H2,1-2H3,(H,20,22). The third-order valence-electron chi connectivity index (χ3n) is 4.54. The SMILES string of the molecule is Cc1ccc([N+](=O)[O-])cc1NC(=O)C(C)OC(=O)c1cc2c(s1)CCCC2. The van der Waals surface area contributed by atoms with Crippen LogP contribution in [0.2, 0.25) is 0 Å². The number of amides is 1. The first-order valence-electron chi connectivity index (χ1n) is 8.73. The maximum atomic E-state index is 12.4. The van der Waals surface area contributed by atoms with Gasteiger partial charge in [-0.2, -0.15) is 0 Å². The molecule has 0 radical (unpaired) electrons. The van der Waals surface area contributed by atoms with E-state index >= 15 is 0 Å². The molecule has 1 atom stereocenters. The summed E-state index contributed by atoms with van der Waals surface area (Å²) >= 11 is 1.43. The average Bonchev–Trinajstić information content (AvgIpc) is 3.07. The fourth-order valence-electron chi connectivity index (χ4n) is 2.96. The van der Waals surface area contributed by atoms with Gasteiger partial charge in [0.15, 0.2) is 6.10 Å². The number of carbonyl (C=O) groups is 2. The van der Waals surface area contributed by atoms with Crippen molar-refractivity contribution in [3.05, 3.63) is 55.3 Å². The van der Waals surface area contributed by atoms with Gasteiger partial charge in [0, 0.05) is 17.0 Å². The smallest absolute Gasteiger partial charge is 0.349 e. The van der Waals surface area contributed by atoms with Gasteiger partial charge in [0.05, 0.1) is 10.6 Å². The molecule has 0 bridgehead atoms. The second-order valence-electron chi connectivity index (χ2n) is 6.56. The Morgan fingerprint density at radius 3 is 2.70 bits per heavy atom. The highest BCUT2D eigenvalue weighted by atomic mass is 32.1. The Morgan fingerprint density at radius 1 is 1.26 bits per heavy atom. The highest BCUT2D eigenvalue weighted by Crippen LogP contribution is 2.30. The maximum Gasteiger partial charge on any atom is 0.349 e. The minimum atomic E-state index is -1.02. The largest absolute Gasteiger partial charge is 0.448 e. The first kappa shape index (κ1) is 19.0. The summed E-state index contributed by atoms with van der Waals surface area (Å²) in [5, 5.41) is 13.5. The van der Waals surface area contributed by atoms with Gasteiger partial charge >= 0.3 is 5.97 Å². The molecular formula is C19H20N2O5S. The minimum absolute atomic E-state index is 0.121. The van der Waals surface area contributed by atoms with Gasteiger partial charge in [0.2, 0.25) is 0 Å². The van der Waals surface area contributed by atoms with Gasteiger partial charge in [-0.1, -0.05) is 6.07 Å². The van der Waals surface area contributed by atoms with Gasteiger partial charge in [-0.3, -0.25) is 14.9 Å². The van der Waals surface area contributed by atoms with E-state index in [2.05, 4.69) is 5.32 Å². The van der Waals surface area contributed by atoms with Crippen LogP contribution in [0.1, 0.15) is 45.4 Å². The summed E-state index contributed by atoms with van der Waals surface area (Å²) < 4.78 is 5.29. The third kappa shape index (κ3) is 4.33. The molecule has 0 aliphatic heterocycles. The number of hydrogen-bond donors (Lipinski definition) is 1. The molecule has 1 aliphatic rings. The molecule has 1 amide bonds. The molecule has 0 spiro atoms. The number of aryl methyl sites for hydroxylation is 3. The van der Waals surface area contributed by atoms with Crippen LogP contribution in [0.3, 0.4) is 0 Å². The molecule has 0 saturated heterocycles. The van der Waals surface area contributed by atoms with Crippen molar-refractivity contribution in [1.82, 2.24) is 0 Å². The predicted molar refractivity (Wildman–Crippen MR) is 102 cm³/mol. The fraction of sp³-hybridized carbons (Fsp3) is 0.368. The average molecular weight is 388 g/mol. The number of nitro groups is 1. The molecule has 0 saturated carbocycles. The molecule has 7 nitrogen and oxygen atoms in total. The number of nitrogens with one attached hydrogen (secondary N) is 1. The van der Waals surface area contributed by atoms with Gasteiger partial charge < -0.3 is 10.1 Å². The van der Waals surface area contributed by atoms with Crippen molar-refractivity contribution < 1.29 is 19.2 Å².